The molecule has 0 N–H and O–H groups in total. The number of Topliss-reactive ketones (excluding diaryl/α,β-unsaturated/α-hetero) is 1. The van der Waals surface area contributed by atoms with E-state index in [2.05, 4.69) is 4.98 Å². The van der Waals surface area contributed by atoms with Crippen molar-refractivity contribution in [2.75, 3.05) is 6.54 Å². The average molecular weight is 280 g/mol. The quantitative estimate of drug-likeness (QED) is 0.855. The third-order valence-corrected chi connectivity index (χ3v) is 4.52. The van der Waals surface area contributed by atoms with Crippen molar-refractivity contribution in [3.63, 3.8) is 0 Å². The maximum atomic E-state index is 12.6. The van der Waals surface area contributed by atoms with Gasteiger partial charge in [-0.15, -0.1) is 11.3 Å². The van der Waals surface area contributed by atoms with Crippen LogP contribution in [-0.2, 0) is 4.79 Å². The van der Waals surface area contributed by atoms with Crippen LogP contribution < -0.4 is 0 Å². The molecule has 104 valence electrons. The molecule has 2 heterocycles. The van der Waals surface area contributed by atoms with Crippen LogP contribution in [0.5, 0.6) is 0 Å². The molecule has 1 aromatic rings. The lowest BCUT2D eigenvalue weighted by Gasteiger charge is -2.29. The molecule has 1 unspecified atom stereocenters. The van der Waals surface area contributed by atoms with Gasteiger partial charge in [-0.25, -0.2) is 4.98 Å². The minimum absolute atomic E-state index is 0.0492. The topological polar surface area (TPSA) is 50.3 Å². The number of ketones is 1. The first-order valence-corrected chi connectivity index (χ1v) is 7.68. The third kappa shape index (κ3) is 3.41. The van der Waals surface area contributed by atoms with Crippen molar-refractivity contribution < 1.29 is 9.59 Å². The summed E-state index contributed by atoms with van der Waals surface area (Å²) in [6.45, 7) is 4.22. The van der Waals surface area contributed by atoms with E-state index in [9.17, 15) is 9.59 Å². The number of hydrogen-bond donors (Lipinski definition) is 0. The van der Waals surface area contributed by atoms with Gasteiger partial charge in [-0.1, -0.05) is 12.8 Å². The Kier molecular flexibility index (Phi) is 4.69. The highest BCUT2D eigenvalue weighted by molar-refractivity contribution is 7.11. The van der Waals surface area contributed by atoms with Crippen molar-refractivity contribution >= 4 is 23.0 Å². The standard InChI is InChI=1S/C14H20N2O2S/c1-10(17)8-12-6-4-3-5-7-16(12)14(18)13-11(2)15-9-19-13/h9,12H,3-8H2,1-2H3. The van der Waals surface area contributed by atoms with E-state index < -0.39 is 0 Å². The lowest BCUT2D eigenvalue weighted by molar-refractivity contribution is -0.118. The van der Waals surface area contributed by atoms with Crippen LogP contribution in [0.2, 0.25) is 0 Å². The molecule has 1 amide bonds. The normalized spacial score (nSPS) is 20.1. The Morgan fingerprint density at radius 2 is 2.21 bits per heavy atom. The van der Waals surface area contributed by atoms with E-state index in [1.54, 1.807) is 12.4 Å². The minimum Gasteiger partial charge on any atom is -0.334 e. The molecule has 1 aliphatic rings. The first kappa shape index (κ1) is 14.2. The molecule has 4 nitrogen and oxygen atoms in total. The first-order valence-electron chi connectivity index (χ1n) is 6.80. The van der Waals surface area contributed by atoms with Crippen LogP contribution in [-0.4, -0.2) is 34.2 Å². The fraction of sp³-hybridized carbons (Fsp3) is 0.643. The molecule has 1 atom stereocenters. The Morgan fingerprint density at radius 1 is 1.42 bits per heavy atom. The van der Waals surface area contributed by atoms with Crippen LogP contribution >= 0.6 is 11.3 Å². The van der Waals surface area contributed by atoms with Gasteiger partial charge in [0.2, 0.25) is 0 Å². The van der Waals surface area contributed by atoms with Gasteiger partial charge in [0.1, 0.15) is 10.7 Å². The minimum atomic E-state index is 0.0492. The molecule has 1 aliphatic heterocycles. The number of thiazole rings is 1. The van der Waals surface area contributed by atoms with Crippen molar-refractivity contribution in [3.05, 3.63) is 16.1 Å². The molecule has 1 aromatic heterocycles. The molecule has 0 bridgehead atoms. The van der Waals surface area contributed by atoms with E-state index in [-0.39, 0.29) is 17.7 Å². The maximum Gasteiger partial charge on any atom is 0.266 e. The number of nitrogens with zero attached hydrogens (tertiary/aromatic N) is 2. The van der Waals surface area contributed by atoms with Gasteiger partial charge in [-0.2, -0.15) is 0 Å². The summed E-state index contributed by atoms with van der Waals surface area (Å²) in [6.07, 6.45) is 4.67. The predicted molar refractivity (Wildman–Crippen MR) is 75.4 cm³/mol. The summed E-state index contributed by atoms with van der Waals surface area (Å²) in [4.78, 5) is 30.8. The van der Waals surface area contributed by atoms with Crippen LogP contribution in [0.25, 0.3) is 0 Å². The zero-order valence-corrected chi connectivity index (χ0v) is 12.3. The predicted octanol–water partition coefficient (Wildman–Crippen LogP) is 2.82. The van der Waals surface area contributed by atoms with Crippen molar-refractivity contribution in [1.29, 1.82) is 0 Å². The summed E-state index contributed by atoms with van der Waals surface area (Å²) in [6, 6.07) is 0.0639. The van der Waals surface area contributed by atoms with Gasteiger partial charge in [-0.3, -0.25) is 9.59 Å². The monoisotopic (exact) mass is 280 g/mol. The molecule has 0 saturated carbocycles. The Bertz CT molecular complexity index is 470. The van der Waals surface area contributed by atoms with Crippen LogP contribution in [0.15, 0.2) is 5.51 Å². The summed E-state index contributed by atoms with van der Waals surface area (Å²) < 4.78 is 0. The Labute approximate surface area is 117 Å². The summed E-state index contributed by atoms with van der Waals surface area (Å²) in [5, 5.41) is 0. The smallest absolute Gasteiger partial charge is 0.266 e. The zero-order chi connectivity index (χ0) is 13.8. The molecule has 19 heavy (non-hydrogen) atoms. The molecule has 0 spiro atoms. The number of carbonyl (C=O) groups is 2. The number of aromatic nitrogens is 1. The second kappa shape index (κ2) is 6.28. The molecular weight excluding hydrogens is 260 g/mol. The highest BCUT2D eigenvalue weighted by atomic mass is 32.1. The highest BCUT2D eigenvalue weighted by Gasteiger charge is 2.28. The van der Waals surface area contributed by atoms with Gasteiger partial charge in [0.25, 0.3) is 5.91 Å². The number of hydrogen-bond acceptors (Lipinski definition) is 4. The summed E-state index contributed by atoms with van der Waals surface area (Å²) >= 11 is 1.39. The van der Waals surface area contributed by atoms with Gasteiger partial charge in [0, 0.05) is 19.0 Å². The van der Waals surface area contributed by atoms with Crippen molar-refractivity contribution in [2.24, 2.45) is 0 Å². The summed E-state index contributed by atoms with van der Waals surface area (Å²) in [7, 11) is 0. The summed E-state index contributed by atoms with van der Waals surface area (Å²) in [5.41, 5.74) is 2.50. The first-order chi connectivity index (χ1) is 9.09. The van der Waals surface area contributed by atoms with Crippen LogP contribution in [0.1, 0.15) is 54.4 Å². The average Bonchev–Trinajstić information content (AvgIpc) is 2.64. The van der Waals surface area contributed by atoms with Crippen molar-refractivity contribution in [3.8, 4) is 0 Å². The third-order valence-electron chi connectivity index (χ3n) is 3.60. The van der Waals surface area contributed by atoms with Gasteiger partial charge in [0.05, 0.1) is 11.2 Å². The number of rotatable bonds is 3. The fourth-order valence-corrected chi connectivity index (χ4v) is 3.38. The van der Waals surface area contributed by atoms with Crippen molar-refractivity contribution in [1.82, 2.24) is 9.88 Å². The Hall–Kier alpha value is -1.23. The largest absolute Gasteiger partial charge is 0.334 e. The second-order valence-electron chi connectivity index (χ2n) is 5.17. The molecule has 0 aliphatic carbocycles. The molecule has 1 saturated heterocycles. The molecule has 0 aromatic carbocycles. The Balaban J connectivity index is 2.20. The lowest BCUT2D eigenvalue weighted by Crippen LogP contribution is -2.41. The van der Waals surface area contributed by atoms with Crippen LogP contribution in [0.3, 0.4) is 0 Å². The van der Waals surface area contributed by atoms with E-state index >= 15 is 0 Å². The maximum absolute atomic E-state index is 12.6. The summed E-state index contributed by atoms with van der Waals surface area (Å²) in [5.74, 6) is 0.207. The number of likely N-dealkylation sites (tertiary alicyclic amines) is 1. The van der Waals surface area contributed by atoms with Gasteiger partial charge in [-0.05, 0) is 26.7 Å². The number of carbonyl (C=O) groups excluding carboxylic acids is 2. The number of aryl methyl sites for hydroxylation is 1. The van der Waals surface area contributed by atoms with E-state index in [0.717, 1.165) is 42.8 Å². The van der Waals surface area contributed by atoms with E-state index in [4.69, 9.17) is 0 Å². The molecule has 5 heteroatoms. The second-order valence-corrected chi connectivity index (χ2v) is 6.03. The van der Waals surface area contributed by atoms with Crippen LogP contribution in [0.4, 0.5) is 0 Å². The number of amides is 1. The van der Waals surface area contributed by atoms with Gasteiger partial charge < -0.3 is 4.90 Å². The lowest BCUT2D eigenvalue weighted by atomic mass is 10.0. The molecule has 0 radical (unpaired) electrons. The SMILES string of the molecule is CC(=O)CC1CCCCCN1C(=O)c1scnc1C. The Morgan fingerprint density at radius 3 is 2.84 bits per heavy atom. The fourth-order valence-electron chi connectivity index (χ4n) is 2.63. The zero-order valence-electron chi connectivity index (χ0n) is 11.5. The highest BCUT2D eigenvalue weighted by Crippen LogP contribution is 2.24. The van der Waals surface area contributed by atoms with Crippen molar-refractivity contribution in [2.45, 2.75) is 52.0 Å². The van der Waals surface area contributed by atoms with E-state index in [1.165, 1.54) is 11.3 Å². The van der Waals surface area contributed by atoms with Gasteiger partial charge >= 0.3 is 0 Å². The molecule has 2 rings (SSSR count). The molecule has 1 fully saturated rings. The molecular formula is C14H20N2O2S. The van der Waals surface area contributed by atoms with E-state index in [0.29, 0.717) is 6.42 Å². The van der Waals surface area contributed by atoms with Crippen LogP contribution in [0, 0.1) is 6.92 Å². The van der Waals surface area contributed by atoms with Gasteiger partial charge in [0.15, 0.2) is 0 Å². The van der Waals surface area contributed by atoms with E-state index in [1.807, 2.05) is 11.8 Å².